The van der Waals surface area contributed by atoms with Crippen LogP contribution < -0.4 is 4.74 Å². The van der Waals surface area contributed by atoms with Crippen molar-refractivity contribution >= 4 is 11.6 Å². The Hall–Kier alpha value is -0.760. The summed E-state index contributed by atoms with van der Waals surface area (Å²) >= 11 is 5.73. The number of ether oxygens (including phenoxy) is 1. The summed E-state index contributed by atoms with van der Waals surface area (Å²) < 4.78 is 18.9. The van der Waals surface area contributed by atoms with E-state index in [-0.39, 0.29) is 17.3 Å². The van der Waals surface area contributed by atoms with Crippen molar-refractivity contribution in [3.63, 3.8) is 0 Å². The lowest BCUT2D eigenvalue weighted by Gasteiger charge is -2.17. The van der Waals surface area contributed by atoms with E-state index in [0.29, 0.717) is 0 Å². The molecule has 1 heterocycles. The third-order valence-corrected chi connectivity index (χ3v) is 2.63. The Kier molecular flexibility index (Phi) is 2.18. The van der Waals surface area contributed by atoms with Gasteiger partial charge in [-0.1, -0.05) is 0 Å². The van der Waals surface area contributed by atoms with E-state index in [1.807, 2.05) is 13.8 Å². The Labute approximate surface area is 87.8 Å². The second-order valence-electron chi connectivity index (χ2n) is 4.23. The fourth-order valence-corrected chi connectivity index (χ4v) is 2.04. The van der Waals surface area contributed by atoms with Crippen LogP contribution in [0, 0.1) is 5.82 Å². The van der Waals surface area contributed by atoms with E-state index in [2.05, 4.69) is 0 Å². The molecule has 0 unspecified atom stereocenters. The third kappa shape index (κ3) is 1.59. The van der Waals surface area contributed by atoms with Crippen LogP contribution in [0.5, 0.6) is 5.75 Å². The zero-order valence-electron chi connectivity index (χ0n) is 8.23. The summed E-state index contributed by atoms with van der Waals surface area (Å²) in [6, 6.07) is 2.97. The number of rotatable bonds is 1. The lowest BCUT2D eigenvalue weighted by Crippen LogP contribution is -2.24. The molecular formula is C11H12ClFO. The Balaban J connectivity index is 2.50. The first-order chi connectivity index (χ1) is 6.52. The van der Waals surface area contributed by atoms with Gasteiger partial charge in [0.15, 0.2) is 0 Å². The van der Waals surface area contributed by atoms with Crippen molar-refractivity contribution in [2.45, 2.75) is 31.7 Å². The summed E-state index contributed by atoms with van der Waals surface area (Å²) in [4.78, 5) is 0. The topological polar surface area (TPSA) is 9.23 Å². The summed E-state index contributed by atoms with van der Waals surface area (Å²) in [5.41, 5.74) is 1.43. The van der Waals surface area contributed by atoms with Crippen molar-refractivity contribution in [1.29, 1.82) is 0 Å². The molecule has 0 aliphatic carbocycles. The first-order valence-electron chi connectivity index (χ1n) is 4.58. The standard InChI is InChI=1S/C11H12ClFO/c1-11(2)5-7-3-9(13)4-8(6-12)10(7)14-11/h3-4H,5-6H2,1-2H3. The fraction of sp³-hybridized carbons (Fsp3) is 0.455. The number of alkyl halides is 1. The molecule has 0 atom stereocenters. The quantitative estimate of drug-likeness (QED) is 0.652. The molecule has 2 rings (SSSR count). The van der Waals surface area contributed by atoms with Crippen LogP contribution in [0.2, 0.25) is 0 Å². The van der Waals surface area contributed by atoms with Crippen LogP contribution in [0.25, 0.3) is 0 Å². The van der Waals surface area contributed by atoms with Gasteiger partial charge in [-0.25, -0.2) is 4.39 Å². The van der Waals surface area contributed by atoms with Crippen molar-refractivity contribution in [2.24, 2.45) is 0 Å². The smallest absolute Gasteiger partial charge is 0.128 e. The molecule has 0 fully saturated rings. The molecule has 0 N–H and O–H groups in total. The van der Waals surface area contributed by atoms with Gasteiger partial charge in [-0.15, -0.1) is 11.6 Å². The average Bonchev–Trinajstić information content (AvgIpc) is 2.37. The molecule has 14 heavy (non-hydrogen) atoms. The van der Waals surface area contributed by atoms with E-state index in [1.54, 1.807) is 0 Å². The first-order valence-corrected chi connectivity index (χ1v) is 5.11. The molecule has 0 radical (unpaired) electrons. The molecule has 1 aromatic rings. The van der Waals surface area contributed by atoms with Gasteiger partial charge >= 0.3 is 0 Å². The van der Waals surface area contributed by atoms with Crippen LogP contribution in [-0.2, 0) is 12.3 Å². The second-order valence-corrected chi connectivity index (χ2v) is 4.49. The Bertz CT molecular complexity index is 374. The molecule has 0 bridgehead atoms. The van der Waals surface area contributed by atoms with Crippen molar-refractivity contribution in [2.75, 3.05) is 0 Å². The van der Waals surface area contributed by atoms with Crippen LogP contribution in [0.15, 0.2) is 12.1 Å². The van der Waals surface area contributed by atoms with E-state index >= 15 is 0 Å². The maximum absolute atomic E-state index is 13.1. The highest BCUT2D eigenvalue weighted by molar-refractivity contribution is 6.17. The van der Waals surface area contributed by atoms with Gasteiger partial charge in [0.1, 0.15) is 17.2 Å². The highest BCUT2D eigenvalue weighted by Gasteiger charge is 2.32. The van der Waals surface area contributed by atoms with Gasteiger partial charge in [0.25, 0.3) is 0 Å². The molecule has 3 heteroatoms. The van der Waals surface area contributed by atoms with Gasteiger partial charge in [-0.05, 0) is 26.0 Å². The molecule has 0 aromatic heterocycles. The normalized spacial score (nSPS) is 17.7. The zero-order valence-corrected chi connectivity index (χ0v) is 8.99. The third-order valence-electron chi connectivity index (χ3n) is 2.35. The highest BCUT2D eigenvalue weighted by atomic mass is 35.5. The number of hydrogen-bond acceptors (Lipinski definition) is 1. The van der Waals surface area contributed by atoms with Gasteiger partial charge in [-0.3, -0.25) is 0 Å². The van der Waals surface area contributed by atoms with Crippen molar-refractivity contribution in [3.05, 3.63) is 29.1 Å². The lowest BCUT2D eigenvalue weighted by molar-refractivity contribution is 0.137. The lowest BCUT2D eigenvalue weighted by atomic mass is 10.0. The van der Waals surface area contributed by atoms with Crippen LogP contribution in [0.1, 0.15) is 25.0 Å². The maximum Gasteiger partial charge on any atom is 0.128 e. The minimum absolute atomic E-state index is 0.235. The number of hydrogen-bond donors (Lipinski definition) is 0. The van der Waals surface area contributed by atoms with Crippen molar-refractivity contribution in [3.8, 4) is 5.75 Å². The van der Waals surface area contributed by atoms with Crippen molar-refractivity contribution in [1.82, 2.24) is 0 Å². The molecule has 0 saturated carbocycles. The Morgan fingerprint density at radius 3 is 2.86 bits per heavy atom. The van der Waals surface area contributed by atoms with Gasteiger partial charge in [0.05, 0.1) is 5.88 Å². The Morgan fingerprint density at radius 1 is 1.50 bits per heavy atom. The molecule has 1 nitrogen and oxygen atoms in total. The molecule has 0 spiro atoms. The summed E-state index contributed by atoms with van der Waals surface area (Å²) in [5, 5.41) is 0. The van der Waals surface area contributed by atoms with Crippen molar-refractivity contribution < 1.29 is 9.13 Å². The maximum atomic E-state index is 13.1. The van der Waals surface area contributed by atoms with E-state index in [1.165, 1.54) is 12.1 Å². The van der Waals surface area contributed by atoms with E-state index in [4.69, 9.17) is 16.3 Å². The molecule has 1 aliphatic rings. The van der Waals surface area contributed by atoms with Crippen LogP contribution >= 0.6 is 11.6 Å². The predicted molar refractivity (Wildman–Crippen MR) is 54.4 cm³/mol. The minimum Gasteiger partial charge on any atom is -0.487 e. The first kappa shape index (κ1) is 9.78. The molecule has 0 saturated heterocycles. The summed E-state index contributed by atoms with van der Waals surface area (Å²) in [6.07, 6.45) is 0.740. The summed E-state index contributed by atoms with van der Waals surface area (Å²) in [7, 11) is 0. The number of halogens is 2. The van der Waals surface area contributed by atoms with Crippen LogP contribution in [0.4, 0.5) is 4.39 Å². The Morgan fingerprint density at radius 2 is 2.21 bits per heavy atom. The summed E-state index contributed by atoms with van der Waals surface area (Å²) in [6.45, 7) is 3.98. The molecule has 0 amide bonds. The predicted octanol–water partition coefficient (Wildman–Crippen LogP) is 3.28. The highest BCUT2D eigenvalue weighted by Crippen LogP contribution is 2.38. The van der Waals surface area contributed by atoms with Gasteiger partial charge in [0.2, 0.25) is 0 Å². The average molecular weight is 215 g/mol. The van der Waals surface area contributed by atoms with E-state index in [0.717, 1.165) is 23.3 Å². The molecule has 1 aromatic carbocycles. The SMILES string of the molecule is CC1(C)Cc2cc(F)cc(CCl)c2O1. The molecule has 1 aliphatic heterocycles. The molecular weight excluding hydrogens is 203 g/mol. The number of benzene rings is 1. The monoisotopic (exact) mass is 214 g/mol. The fourth-order valence-electron chi connectivity index (χ4n) is 1.84. The summed E-state index contributed by atoms with van der Waals surface area (Å²) in [5.74, 6) is 0.822. The largest absolute Gasteiger partial charge is 0.487 e. The molecule has 76 valence electrons. The number of fused-ring (bicyclic) bond motifs is 1. The van der Waals surface area contributed by atoms with Gasteiger partial charge < -0.3 is 4.74 Å². The zero-order chi connectivity index (χ0) is 10.3. The van der Waals surface area contributed by atoms with E-state index < -0.39 is 0 Å². The van der Waals surface area contributed by atoms with Crippen LogP contribution in [-0.4, -0.2) is 5.60 Å². The van der Waals surface area contributed by atoms with Gasteiger partial charge in [-0.2, -0.15) is 0 Å². The van der Waals surface area contributed by atoms with Crippen LogP contribution in [0.3, 0.4) is 0 Å². The minimum atomic E-state index is -0.239. The second kappa shape index (κ2) is 3.13. The van der Waals surface area contributed by atoms with E-state index in [9.17, 15) is 4.39 Å². The van der Waals surface area contributed by atoms with Gasteiger partial charge in [0, 0.05) is 17.5 Å².